The van der Waals surface area contributed by atoms with E-state index in [-0.39, 0.29) is 56.1 Å². The molecule has 15 heteroatoms. The normalized spacial score (nSPS) is 20.9. The molecule has 0 bridgehead atoms. The molecule has 2 aliphatic carbocycles. The summed E-state index contributed by atoms with van der Waals surface area (Å²) in [6.45, 7) is 19.5. The fraction of sp³-hybridized carbons (Fsp3) is 0.460. The van der Waals surface area contributed by atoms with E-state index in [4.69, 9.17) is 9.73 Å². The number of benzene rings is 3. The minimum atomic E-state index is -0.933. The number of nitrogens with one attached hydrogen (secondary N) is 4. The van der Waals surface area contributed by atoms with Crippen molar-refractivity contribution in [2.45, 2.75) is 163 Å². The van der Waals surface area contributed by atoms with Crippen molar-refractivity contribution < 1.29 is 29.0 Å². The molecule has 3 aliphatic heterocycles. The van der Waals surface area contributed by atoms with Gasteiger partial charge >= 0.3 is 0 Å². The minimum absolute atomic E-state index is 0.00953. The number of aliphatic hydroxyl groups excluding tert-OH is 1. The number of β-amino-alcohol motifs (C(OH)–C–C–N with tert-alkyl or cyclic N) is 1. The van der Waals surface area contributed by atoms with Gasteiger partial charge in [0, 0.05) is 68.3 Å². The molecule has 5 N–H and O–H groups in total. The van der Waals surface area contributed by atoms with E-state index in [2.05, 4.69) is 143 Å². The van der Waals surface area contributed by atoms with Crippen molar-refractivity contribution in [3.05, 3.63) is 147 Å². The second kappa shape index (κ2) is 23.9. The number of hydrazone groups is 1. The molecular formula is C63H79N9O6. The van der Waals surface area contributed by atoms with Crippen molar-refractivity contribution in [3.8, 4) is 11.1 Å². The minimum Gasteiger partial charge on any atom is -0.391 e. The highest BCUT2D eigenvalue weighted by atomic mass is 16.5. The molecule has 0 radical (unpaired) electrons. The highest BCUT2D eigenvalue weighted by Crippen LogP contribution is 2.41. The number of aliphatic hydroxyl groups is 1. The van der Waals surface area contributed by atoms with Gasteiger partial charge in [-0.25, -0.2) is 0 Å². The van der Waals surface area contributed by atoms with Crippen LogP contribution in [0.1, 0.15) is 141 Å². The number of rotatable bonds is 19. The highest BCUT2D eigenvalue weighted by molar-refractivity contribution is 6.17. The first-order valence-corrected chi connectivity index (χ1v) is 27.9. The van der Waals surface area contributed by atoms with E-state index < -0.39 is 35.4 Å². The maximum Gasteiger partial charge on any atom is 0.246 e. The first-order valence-electron chi connectivity index (χ1n) is 27.9. The first-order chi connectivity index (χ1) is 37.3. The summed E-state index contributed by atoms with van der Waals surface area (Å²) < 4.78 is 7.93. The highest BCUT2D eigenvalue weighted by Gasteiger charge is 2.45. The standard InChI is InChI=1S/C63H79N9O6/c1-38-15-19-48(20-16-38)58-57-41(4)40(3)31-53(57)72-43(6)68-69-60(72)52(66-58)33-55(74)65-42(5)45-23-25-46(26-24-45)49-27-29-70(35-49)28-10-11-30-78-37-56(75)67-59(63(7,8)9)62(77)71-36-50(73)32-54(71)61(76)64-34-44-17-21-47(22-18-44)51-14-12-13-39(51)2/h15-27,29,35,42,50,52,54,59-60,69,73H,10-14,28,30-34,36-37H2,1-9H3,(H,64,76)(H,65,74)(H,67,75)/t42?,50?,52?,54-,59+,60?/m0/s1. The number of aryl methyl sites for hydroxylation is 2. The Hall–Kier alpha value is -7.10. The van der Waals surface area contributed by atoms with Gasteiger partial charge in [0.2, 0.25) is 23.6 Å². The van der Waals surface area contributed by atoms with Crippen LogP contribution in [0.2, 0.25) is 0 Å². The Morgan fingerprint density at radius 2 is 1.55 bits per heavy atom. The second-order valence-electron chi connectivity index (χ2n) is 23.2. The molecule has 1 fully saturated rings. The molecule has 9 rings (SSSR count). The zero-order chi connectivity index (χ0) is 55.4. The van der Waals surface area contributed by atoms with Gasteiger partial charge in [0.25, 0.3) is 0 Å². The molecule has 4 amide bonds. The van der Waals surface area contributed by atoms with Crippen molar-refractivity contribution in [2.75, 3.05) is 19.8 Å². The number of hydrogen-bond donors (Lipinski definition) is 5. The topological polar surface area (TPSA) is 182 Å². The van der Waals surface area contributed by atoms with Crippen LogP contribution < -0.4 is 21.4 Å². The largest absolute Gasteiger partial charge is 0.391 e. The first kappa shape index (κ1) is 55.6. The van der Waals surface area contributed by atoms with Gasteiger partial charge in [0.05, 0.1) is 30.3 Å². The maximum atomic E-state index is 14.1. The maximum absolute atomic E-state index is 14.1. The van der Waals surface area contributed by atoms with E-state index in [0.717, 1.165) is 83.6 Å². The number of amides is 4. The van der Waals surface area contributed by atoms with Crippen molar-refractivity contribution in [3.63, 3.8) is 0 Å². The summed E-state index contributed by atoms with van der Waals surface area (Å²) in [5.74, 6) is -0.367. The molecule has 5 aliphatic rings. The van der Waals surface area contributed by atoms with Gasteiger partial charge in [-0.05, 0) is 124 Å². The predicted octanol–water partition coefficient (Wildman–Crippen LogP) is 9.02. The fourth-order valence-corrected chi connectivity index (χ4v) is 11.6. The number of amidine groups is 1. The Morgan fingerprint density at radius 3 is 2.26 bits per heavy atom. The van der Waals surface area contributed by atoms with E-state index in [0.29, 0.717) is 13.2 Å². The van der Waals surface area contributed by atoms with Crippen molar-refractivity contribution >= 4 is 40.7 Å². The van der Waals surface area contributed by atoms with Crippen LogP contribution in [0.15, 0.2) is 129 Å². The number of fused-ring (bicyclic) bond motifs is 2. The molecule has 15 nitrogen and oxygen atoms in total. The Morgan fingerprint density at radius 1 is 0.833 bits per heavy atom. The number of carbonyl (C=O) groups is 4. The van der Waals surface area contributed by atoms with Crippen molar-refractivity contribution in [1.29, 1.82) is 0 Å². The molecule has 78 heavy (non-hydrogen) atoms. The lowest BCUT2D eigenvalue weighted by Crippen LogP contribution is -2.58. The number of ether oxygens (including phenoxy) is 1. The summed E-state index contributed by atoms with van der Waals surface area (Å²) in [6.07, 6.45) is 9.14. The van der Waals surface area contributed by atoms with E-state index in [9.17, 15) is 24.3 Å². The smallest absolute Gasteiger partial charge is 0.246 e. The zero-order valence-corrected chi connectivity index (χ0v) is 47.0. The lowest BCUT2D eigenvalue weighted by Gasteiger charge is -2.35. The molecule has 1 saturated heterocycles. The number of hydrogen-bond acceptors (Lipinski definition) is 10. The Balaban J connectivity index is 0.714. The van der Waals surface area contributed by atoms with Gasteiger partial charge in [0.15, 0.2) is 0 Å². The molecule has 1 aromatic heterocycles. The number of unbranched alkanes of at least 4 members (excludes halogenated alkanes) is 1. The molecular weight excluding hydrogens is 979 g/mol. The number of carbonyl (C=O) groups excluding carboxylic acids is 4. The molecule has 4 aromatic rings. The van der Waals surface area contributed by atoms with Crippen LogP contribution >= 0.6 is 0 Å². The number of likely N-dealkylation sites (tertiary alicyclic amines) is 1. The molecule has 412 valence electrons. The third-order valence-corrected chi connectivity index (χ3v) is 16.2. The van der Waals surface area contributed by atoms with Gasteiger partial charge in [-0.3, -0.25) is 29.6 Å². The molecule has 4 unspecified atom stereocenters. The van der Waals surface area contributed by atoms with Crippen LogP contribution in [0.5, 0.6) is 0 Å². The Bertz CT molecular complexity index is 3050. The van der Waals surface area contributed by atoms with Gasteiger partial charge in [0.1, 0.15) is 30.7 Å². The van der Waals surface area contributed by atoms with E-state index in [1.54, 1.807) is 0 Å². The summed E-state index contributed by atoms with van der Waals surface area (Å²) in [5, 5.41) is 24.4. The SMILES string of the molecule is CC1=NNC2C(CC(=O)NC(C)c3ccc(-c4ccn(CCCCOCC(=O)N[C@H](C(=O)N5CC(O)C[C@H]5C(=O)NCc5ccc(C6=C(C)CCC6)cc5)C(C)(C)C)c4)cc3)N=C(c3ccc(C)cc3)C3=C(CC(C)=C3C)N12. The Labute approximate surface area is 460 Å². The number of allylic oxidation sites excluding steroid dienone is 5. The van der Waals surface area contributed by atoms with Crippen LogP contribution in [0.3, 0.4) is 0 Å². The van der Waals surface area contributed by atoms with E-state index >= 15 is 0 Å². The third-order valence-electron chi connectivity index (χ3n) is 16.2. The van der Waals surface area contributed by atoms with E-state index in [1.165, 1.54) is 50.4 Å². The molecule has 0 saturated carbocycles. The van der Waals surface area contributed by atoms with Crippen LogP contribution in [0.25, 0.3) is 16.7 Å². The van der Waals surface area contributed by atoms with Gasteiger partial charge in [-0.15, -0.1) is 0 Å². The van der Waals surface area contributed by atoms with Gasteiger partial charge in [-0.1, -0.05) is 110 Å². The third kappa shape index (κ3) is 12.6. The summed E-state index contributed by atoms with van der Waals surface area (Å²) in [4.78, 5) is 63.8. The fourth-order valence-electron chi connectivity index (χ4n) is 11.6. The number of nitrogens with zero attached hydrogens (tertiary/aromatic N) is 5. The second-order valence-corrected chi connectivity index (χ2v) is 23.2. The summed E-state index contributed by atoms with van der Waals surface area (Å²) in [7, 11) is 0. The van der Waals surface area contributed by atoms with Crippen LogP contribution in [0, 0.1) is 12.3 Å². The van der Waals surface area contributed by atoms with Gasteiger partial charge < -0.3 is 40.2 Å². The summed E-state index contributed by atoms with van der Waals surface area (Å²) in [5.41, 5.74) is 18.8. The lowest BCUT2D eigenvalue weighted by atomic mass is 9.85. The van der Waals surface area contributed by atoms with Crippen LogP contribution in [-0.2, 0) is 37.0 Å². The molecule has 0 spiro atoms. The molecule has 4 heterocycles. The number of aliphatic imine (C=N–C) groups is 1. The monoisotopic (exact) mass is 1060 g/mol. The average Bonchev–Trinajstić information content (AvgIpc) is 4.35. The number of aromatic nitrogens is 1. The van der Waals surface area contributed by atoms with Crippen molar-refractivity contribution in [2.24, 2.45) is 15.5 Å². The van der Waals surface area contributed by atoms with E-state index in [1.807, 2.05) is 46.8 Å². The van der Waals surface area contributed by atoms with Crippen LogP contribution in [0.4, 0.5) is 0 Å². The zero-order valence-electron chi connectivity index (χ0n) is 47.0. The quantitative estimate of drug-likeness (QED) is 0.0577. The van der Waals surface area contributed by atoms with Gasteiger partial charge in [-0.2, -0.15) is 5.10 Å². The van der Waals surface area contributed by atoms with Crippen LogP contribution in [-0.4, -0.2) is 105 Å². The molecule has 6 atom stereocenters. The Kier molecular flexibility index (Phi) is 17.0. The van der Waals surface area contributed by atoms with Crippen molar-refractivity contribution in [1.82, 2.24) is 35.7 Å². The predicted molar refractivity (Wildman–Crippen MR) is 307 cm³/mol. The molecule has 3 aromatic carbocycles. The average molecular weight is 1060 g/mol. The summed E-state index contributed by atoms with van der Waals surface area (Å²) >= 11 is 0. The lowest BCUT2D eigenvalue weighted by molar-refractivity contribution is -0.144. The summed E-state index contributed by atoms with van der Waals surface area (Å²) in [6, 6.07) is 24.7.